The number of urea groups is 1. The van der Waals surface area contributed by atoms with Crippen molar-refractivity contribution in [2.75, 3.05) is 6.54 Å². The molecule has 0 unspecified atom stereocenters. The number of hydrogen-bond acceptors (Lipinski definition) is 3. The van der Waals surface area contributed by atoms with E-state index in [0.29, 0.717) is 24.7 Å². The lowest BCUT2D eigenvalue weighted by Crippen LogP contribution is -2.54. The molecular formula is C24H35N3O3. The lowest BCUT2D eigenvalue weighted by molar-refractivity contribution is -0.137. The summed E-state index contributed by atoms with van der Waals surface area (Å²) in [6, 6.07) is 7.48. The Hall–Kier alpha value is -2.37. The zero-order valence-corrected chi connectivity index (χ0v) is 19.0. The highest BCUT2D eigenvalue weighted by atomic mass is 16.2. The summed E-state index contributed by atoms with van der Waals surface area (Å²) in [4.78, 5) is 39.5. The zero-order chi connectivity index (χ0) is 22.3. The standard InChI is InChI=1S/C24H35N3O3/c1-15(2)18-7-9-19(10-8-18)17(4)25-20(28)13-27-21(29)24(26-22(27)30)12-16(3)11-23(5,6)14-24/h7-10,15-17H,11-14H2,1-6H3,(H,25,28)(H,26,30)/t16-,17+,24+/m1/s1. The Morgan fingerprint density at radius 3 is 2.30 bits per heavy atom. The second-order valence-corrected chi connectivity index (χ2v) is 10.4. The maximum absolute atomic E-state index is 13.2. The SMILES string of the molecule is CC(C)c1ccc([C@H](C)NC(=O)CN2C(=O)N[C@]3(C[C@H](C)CC(C)(C)C3)C2=O)cc1. The van der Waals surface area contributed by atoms with Crippen LogP contribution in [0.15, 0.2) is 24.3 Å². The maximum Gasteiger partial charge on any atom is 0.325 e. The normalized spacial score (nSPS) is 26.8. The van der Waals surface area contributed by atoms with Crippen molar-refractivity contribution in [2.45, 2.75) is 78.3 Å². The molecule has 1 aliphatic heterocycles. The number of carbonyl (C=O) groups is 3. The first-order valence-corrected chi connectivity index (χ1v) is 11.0. The van der Waals surface area contributed by atoms with Crippen LogP contribution in [0, 0.1) is 11.3 Å². The molecule has 30 heavy (non-hydrogen) atoms. The fraction of sp³-hybridized carbons (Fsp3) is 0.625. The minimum Gasteiger partial charge on any atom is -0.348 e. The molecule has 1 aliphatic carbocycles. The summed E-state index contributed by atoms with van der Waals surface area (Å²) in [5.41, 5.74) is 1.32. The van der Waals surface area contributed by atoms with Crippen molar-refractivity contribution in [3.8, 4) is 0 Å². The van der Waals surface area contributed by atoms with Crippen LogP contribution in [0.2, 0.25) is 0 Å². The molecule has 6 nitrogen and oxygen atoms in total. The molecule has 2 fully saturated rings. The predicted octanol–water partition coefficient (Wildman–Crippen LogP) is 4.12. The van der Waals surface area contributed by atoms with Gasteiger partial charge < -0.3 is 10.6 Å². The van der Waals surface area contributed by atoms with Gasteiger partial charge in [-0.3, -0.25) is 14.5 Å². The number of amides is 4. The van der Waals surface area contributed by atoms with Crippen molar-refractivity contribution in [3.63, 3.8) is 0 Å². The molecule has 6 heteroatoms. The number of hydrogen-bond donors (Lipinski definition) is 2. The van der Waals surface area contributed by atoms with E-state index in [4.69, 9.17) is 0 Å². The molecule has 3 rings (SSSR count). The van der Waals surface area contributed by atoms with Crippen LogP contribution >= 0.6 is 0 Å². The van der Waals surface area contributed by atoms with Crippen molar-refractivity contribution in [1.29, 1.82) is 0 Å². The summed E-state index contributed by atoms with van der Waals surface area (Å²) in [5.74, 6) is 0.180. The fourth-order valence-corrected chi connectivity index (χ4v) is 5.33. The van der Waals surface area contributed by atoms with Gasteiger partial charge in [-0.1, -0.05) is 58.9 Å². The van der Waals surface area contributed by atoms with Crippen LogP contribution in [0.25, 0.3) is 0 Å². The van der Waals surface area contributed by atoms with Gasteiger partial charge in [0.25, 0.3) is 5.91 Å². The highest BCUT2D eigenvalue weighted by Crippen LogP contribution is 2.46. The lowest BCUT2D eigenvalue weighted by atomic mass is 9.64. The van der Waals surface area contributed by atoms with Crippen LogP contribution in [0.1, 0.15) is 83.9 Å². The summed E-state index contributed by atoms with van der Waals surface area (Å²) in [6.45, 7) is 12.3. The number of imide groups is 1. The van der Waals surface area contributed by atoms with Gasteiger partial charge in [0.15, 0.2) is 0 Å². The molecule has 4 amide bonds. The first-order chi connectivity index (χ1) is 13.9. The molecule has 3 atom stereocenters. The summed E-state index contributed by atoms with van der Waals surface area (Å²) >= 11 is 0. The van der Waals surface area contributed by atoms with E-state index >= 15 is 0 Å². The Morgan fingerprint density at radius 2 is 1.73 bits per heavy atom. The van der Waals surface area contributed by atoms with Gasteiger partial charge in [0.05, 0.1) is 6.04 Å². The molecule has 1 spiro atoms. The summed E-state index contributed by atoms with van der Waals surface area (Å²) < 4.78 is 0. The van der Waals surface area contributed by atoms with Gasteiger partial charge in [-0.2, -0.15) is 0 Å². The Labute approximate surface area is 179 Å². The average molecular weight is 414 g/mol. The second kappa shape index (κ2) is 8.05. The Morgan fingerprint density at radius 1 is 1.13 bits per heavy atom. The topological polar surface area (TPSA) is 78.5 Å². The summed E-state index contributed by atoms with van der Waals surface area (Å²) in [7, 11) is 0. The van der Waals surface area contributed by atoms with Crippen molar-refractivity contribution in [3.05, 3.63) is 35.4 Å². The third kappa shape index (κ3) is 4.52. The number of nitrogens with zero attached hydrogens (tertiary/aromatic N) is 1. The molecule has 1 saturated heterocycles. The third-order valence-electron chi connectivity index (χ3n) is 6.41. The monoisotopic (exact) mass is 413 g/mol. The van der Waals surface area contributed by atoms with Gasteiger partial charge in [0, 0.05) is 0 Å². The molecular weight excluding hydrogens is 378 g/mol. The molecule has 2 N–H and O–H groups in total. The van der Waals surface area contributed by atoms with E-state index < -0.39 is 11.6 Å². The molecule has 1 saturated carbocycles. The van der Waals surface area contributed by atoms with Crippen LogP contribution in [0.3, 0.4) is 0 Å². The Kier molecular flexibility index (Phi) is 5.99. The van der Waals surface area contributed by atoms with Gasteiger partial charge in [-0.15, -0.1) is 0 Å². The van der Waals surface area contributed by atoms with Gasteiger partial charge in [-0.25, -0.2) is 4.79 Å². The average Bonchev–Trinajstić information content (AvgIpc) is 2.83. The van der Waals surface area contributed by atoms with E-state index in [1.54, 1.807) is 0 Å². The van der Waals surface area contributed by atoms with Gasteiger partial charge in [-0.05, 0) is 54.6 Å². The molecule has 1 heterocycles. The van der Waals surface area contributed by atoms with E-state index in [9.17, 15) is 14.4 Å². The van der Waals surface area contributed by atoms with Gasteiger partial charge in [0.2, 0.25) is 5.91 Å². The smallest absolute Gasteiger partial charge is 0.325 e. The van der Waals surface area contributed by atoms with Crippen molar-refractivity contribution < 1.29 is 14.4 Å². The minimum atomic E-state index is -0.878. The van der Waals surface area contributed by atoms with E-state index in [1.807, 2.05) is 19.1 Å². The quantitative estimate of drug-likeness (QED) is 0.713. The van der Waals surface area contributed by atoms with Crippen LogP contribution in [0.5, 0.6) is 0 Å². The van der Waals surface area contributed by atoms with Crippen molar-refractivity contribution in [2.24, 2.45) is 11.3 Å². The van der Waals surface area contributed by atoms with E-state index in [2.05, 4.69) is 57.4 Å². The molecule has 0 radical (unpaired) electrons. The fourth-order valence-electron chi connectivity index (χ4n) is 5.33. The van der Waals surface area contributed by atoms with Gasteiger partial charge >= 0.3 is 6.03 Å². The molecule has 1 aromatic carbocycles. The minimum absolute atomic E-state index is 0.0322. The maximum atomic E-state index is 13.2. The van der Waals surface area contributed by atoms with Crippen molar-refractivity contribution in [1.82, 2.24) is 15.5 Å². The molecule has 0 bridgehead atoms. The number of carbonyl (C=O) groups excluding carboxylic acids is 3. The van der Waals surface area contributed by atoms with Gasteiger partial charge in [0.1, 0.15) is 12.1 Å². The molecule has 2 aliphatic rings. The number of benzene rings is 1. The highest BCUT2D eigenvalue weighted by molar-refractivity contribution is 6.09. The van der Waals surface area contributed by atoms with E-state index in [-0.39, 0.29) is 29.8 Å². The first kappa shape index (κ1) is 22.3. The van der Waals surface area contributed by atoms with Crippen LogP contribution in [0.4, 0.5) is 4.79 Å². The second-order valence-electron chi connectivity index (χ2n) is 10.4. The van der Waals surface area contributed by atoms with E-state index in [0.717, 1.165) is 16.9 Å². The number of rotatable bonds is 5. The zero-order valence-electron chi connectivity index (χ0n) is 19.0. The molecule has 1 aromatic rings. The van der Waals surface area contributed by atoms with Crippen molar-refractivity contribution >= 4 is 17.8 Å². The third-order valence-corrected chi connectivity index (χ3v) is 6.41. The Balaban J connectivity index is 1.65. The highest BCUT2D eigenvalue weighted by Gasteiger charge is 2.56. The first-order valence-electron chi connectivity index (χ1n) is 11.0. The van der Waals surface area contributed by atoms with Crippen LogP contribution in [-0.2, 0) is 9.59 Å². The molecule has 0 aromatic heterocycles. The number of nitrogens with one attached hydrogen (secondary N) is 2. The predicted molar refractivity (Wildman–Crippen MR) is 117 cm³/mol. The largest absolute Gasteiger partial charge is 0.348 e. The molecule has 164 valence electrons. The van der Waals surface area contributed by atoms with Crippen LogP contribution < -0.4 is 10.6 Å². The van der Waals surface area contributed by atoms with E-state index in [1.165, 1.54) is 5.56 Å². The summed E-state index contributed by atoms with van der Waals surface area (Å²) in [5, 5.41) is 5.84. The Bertz CT molecular complexity index is 831. The summed E-state index contributed by atoms with van der Waals surface area (Å²) in [6.07, 6.45) is 2.24. The van der Waals surface area contributed by atoms with Crippen LogP contribution in [-0.4, -0.2) is 34.8 Å². The lowest BCUT2D eigenvalue weighted by Gasteiger charge is -2.43.